The highest BCUT2D eigenvalue weighted by atomic mass is 16.5. The molecule has 1 atom stereocenters. The molecular weight excluding hydrogens is 338 g/mol. The zero-order valence-electron chi connectivity index (χ0n) is 15.5. The molecule has 0 unspecified atom stereocenters. The highest BCUT2D eigenvalue weighted by molar-refractivity contribution is 5.97. The zero-order valence-corrected chi connectivity index (χ0v) is 15.5. The molecule has 2 aromatic carbocycles. The first-order valence-electron chi connectivity index (χ1n) is 9.78. The molecule has 0 saturated carbocycles. The van der Waals surface area contributed by atoms with Crippen molar-refractivity contribution in [3.8, 4) is 5.75 Å². The second-order valence-corrected chi connectivity index (χ2v) is 7.60. The monoisotopic (exact) mass is 361 g/mol. The van der Waals surface area contributed by atoms with Crippen molar-refractivity contribution >= 4 is 22.6 Å². The fourth-order valence-corrected chi connectivity index (χ4v) is 4.49. The van der Waals surface area contributed by atoms with Gasteiger partial charge in [0.15, 0.2) is 6.61 Å². The lowest BCUT2D eigenvalue weighted by Crippen LogP contribution is -2.39. The summed E-state index contributed by atoms with van der Waals surface area (Å²) in [5.41, 5.74) is 4.47. The highest BCUT2D eigenvalue weighted by Crippen LogP contribution is 2.34. The second-order valence-electron chi connectivity index (χ2n) is 7.60. The van der Waals surface area contributed by atoms with E-state index in [0.717, 1.165) is 47.4 Å². The van der Waals surface area contributed by atoms with E-state index in [1.165, 1.54) is 24.0 Å². The number of anilines is 1. The highest BCUT2D eigenvalue weighted by Gasteiger charge is 2.30. The predicted octanol–water partition coefficient (Wildman–Crippen LogP) is 4.67. The number of hydrogen-bond donors (Lipinski definition) is 0. The maximum absolute atomic E-state index is 12.8. The smallest absolute Gasteiger partial charge is 0.265 e. The van der Waals surface area contributed by atoms with E-state index in [4.69, 9.17) is 9.15 Å². The van der Waals surface area contributed by atoms with Crippen LogP contribution in [-0.4, -0.2) is 18.6 Å². The second kappa shape index (κ2) is 6.45. The van der Waals surface area contributed by atoms with Crippen LogP contribution in [0.15, 0.2) is 46.9 Å². The summed E-state index contributed by atoms with van der Waals surface area (Å²) >= 11 is 0. The molecule has 138 valence electrons. The zero-order chi connectivity index (χ0) is 18.4. The molecule has 0 N–H and O–H groups in total. The quantitative estimate of drug-likeness (QED) is 0.681. The number of aryl methyl sites for hydroxylation is 2. The van der Waals surface area contributed by atoms with Crippen molar-refractivity contribution < 1.29 is 13.9 Å². The van der Waals surface area contributed by atoms with Gasteiger partial charge in [0, 0.05) is 29.1 Å². The third kappa shape index (κ3) is 2.80. The Hall–Kier alpha value is -2.75. The van der Waals surface area contributed by atoms with Crippen LogP contribution in [0, 0.1) is 0 Å². The molecule has 2 heterocycles. The summed E-state index contributed by atoms with van der Waals surface area (Å²) in [6.07, 6.45) is 5.38. The predicted molar refractivity (Wildman–Crippen MR) is 105 cm³/mol. The van der Waals surface area contributed by atoms with Crippen LogP contribution in [-0.2, 0) is 24.1 Å². The van der Waals surface area contributed by atoms with E-state index in [-0.39, 0.29) is 18.6 Å². The van der Waals surface area contributed by atoms with E-state index in [1.54, 1.807) is 0 Å². The largest absolute Gasteiger partial charge is 0.484 e. The van der Waals surface area contributed by atoms with E-state index in [0.29, 0.717) is 0 Å². The fraction of sp³-hybridized carbons (Fsp3) is 0.348. The fourth-order valence-electron chi connectivity index (χ4n) is 4.49. The Bertz CT molecular complexity index is 1020. The van der Waals surface area contributed by atoms with Crippen LogP contribution in [0.4, 0.5) is 5.69 Å². The van der Waals surface area contributed by atoms with E-state index in [1.807, 2.05) is 41.3 Å². The number of furan rings is 1. The number of rotatable bonds is 3. The van der Waals surface area contributed by atoms with E-state index in [2.05, 4.69) is 13.0 Å². The summed E-state index contributed by atoms with van der Waals surface area (Å²) in [5, 5.41) is 1.13. The summed E-state index contributed by atoms with van der Waals surface area (Å²) < 4.78 is 11.9. The molecule has 1 aromatic heterocycles. The summed E-state index contributed by atoms with van der Waals surface area (Å²) in [5.74, 6) is 1.85. The summed E-state index contributed by atoms with van der Waals surface area (Å²) in [6, 6.07) is 14.2. The first kappa shape index (κ1) is 16.4. The van der Waals surface area contributed by atoms with Crippen molar-refractivity contribution in [3.05, 3.63) is 59.4 Å². The number of ether oxygens (including phenoxy) is 1. The number of benzene rings is 2. The van der Waals surface area contributed by atoms with Gasteiger partial charge in [-0.05, 0) is 62.4 Å². The van der Waals surface area contributed by atoms with Crippen molar-refractivity contribution in [2.24, 2.45) is 0 Å². The minimum absolute atomic E-state index is 0.00164. The van der Waals surface area contributed by atoms with Crippen LogP contribution < -0.4 is 9.64 Å². The molecule has 1 aliphatic carbocycles. The Morgan fingerprint density at radius 3 is 2.96 bits per heavy atom. The average molecular weight is 361 g/mol. The molecule has 1 aliphatic heterocycles. The van der Waals surface area contributed by atoms with Gasteiger partial charge in [-0.25, -0.2) is 0 Å². The molecular formula is C23H23NO3. The van der Waals surface area contributed by atoms with Crippen LogP contribution >= 0.6 is 0 Å². The maximum atomic E-state index is 12.8. The Labute approximate surface area is 158 Å². The minimum atomic E-state index is 0.00164. The summed E-state index contributed by atoms with van der Waals surface area (Å²) in [7, 11) is 0. The van der Waals surface area contributed by atoms with Crippen molar-refractivity contribution in [1.82, 2.24) is 0 Å². The Kier molecular flexibility index (Phi) is 3.92. The number of nitrogens with zero attached hydrogens (tertiary/aromatic N) is 1. The van der Waals surface area contributed by atoms with Gasteiger partial charge in [0.05, 0.1) is 0 Å². The molecule has 27 heavy (non-hydrogen) atoms. The molecule has 4 heteroatoms. The normalized spacial score (nSPS) is 18.4. The first-order chi connectivity index (χ1) is 13.2. The molecule has 4 nitrogen and oxygen atoms in total. The first-order valence-corrected chi connectivity index (χ1v) is 9.78. The van der Waals surface area contributed by atoms with E-state index < -0.39 is 0 Å². The Balaban J connectivity index is 1.35. The Morgan fingerprint density at radius 2 is 2.04 bits per heavy atom. The third-order valence-electron chi connectivity index (χ3n) is 5.76. The van der Waals surface area contributed by atoms with Crippen LogP contribution in [0.3, 0.4) is 0 Å². The molecule has 1 amide bonds. The lowest BCUT2D eigenvalue weighted by molar-refractivity contribution is -0.120. The maximum Gasteiger partial charge on any atom is 0.265 e. The van der Waals surface area contributed by atoms with Crippen LogP contribution in [0.5, 0.6) is 5.75 Å². The minimum Gasteiger partial charge on any atom is -0.484 e. The van der Waals surface area contributed by atoms with Crippen molar-refractivity contribution in [1.29, 1.82) is 0 Å². The van der Waals surface area contributed by atoms with Crippen LogP contribution in [0.2, 0.25) is 0 Å². The molecule has 0 radical (unpaired) electrons. The molecule has 0 bridgehead atoms. The van der Waals surface area contributed by atoms with Gasteiger partial charge in [0.25, 0.3) is 5.91 Å². The van der Waals surface area contributed by atoms with Crippen molar-refractivity contribution in [2.75, 3.05) is 11.5 Å². The van der Waals surface area contributed by atoms with Gasteiger partial charge in [0.2, 0.25) is 0 Å². The molecule has 0 spiro atoms. The standard InChI is InChI=1S/C23H23NO3/c1-15-12-16-6-2-4-8-20(16)24(15)23(25)14-26-17-10-11-22-19(13-17)18-7-3-5-9-21(18)27-22/h2,4,6,8,10-11,13,15H,3,5,7,9,12,14H2,1H3/t15-/m1/s1. The molecule has 0 fully saturated rings. The number of para-hydroxylation sites is 1. The SMILES string of the molecule is C[C@@H]1Cc2ccccc2N1C(=O)COc1ccc2oc3c(c2c1)CCCC3. The van der Waals surface area contributed by atoms with Gasteiger partial charge in [-0.2, -0.15) is 0 Å². The van der Waals surface area contributed by atoms with Crippen LogP contribution in [0.1, 0.15) is 36.7 Å². The average Bonchev–Trinajstić information content (AvgIpc) is 3.22. The molecule has 2 aliphatic rings. The lowest BCUT2D eigenvalue weighted by Gasteiger charge is -2.22. The van der Waals surface area contributed by atoms with Gasteiger partial charge < -0.3 is 14.1 Å². The molecule has 3 aromatic rings. The molecule has 5 rings (SSSR count). The van der Waals surface area contributed by atoms with E-state index in [9.17, 15) is 4.79 Å². The van der Waals surface area contributed by atoms with Gasteiger partial charge in [-0.15, -0.1) is 0 Å². The lowest BCUT2D eigenvalue weighted by atomic mass is 9.96. The number of amides is 1. The topological polar surface area (TPSA) is 42.7 Å². The number of carbonyl (C=O) groups excluding carboxylic acids is 1. The number of fused-ring (bicyclic) bond motifs is 4. The number of hydrogen-bond acceptors (Lipinski definition) is 3. The van der Waals surface area contributed by atoms with Crippen molar-refractivity contribution in [3.63, 3.8) is 0 Å². The summed E-state index contributed by atoms with van der Waals surface area (Å²) in [6.45, 7) is 2.13. The van der Waals surface area contributed by atoms with Gasteiger partial charge in [-0.1, -0.05) is 18.2 Å². The molecule has 0 saturated heterocycles. The van der Waals surface area contributed by atoms with Crippen LogP contribution in [0.25, 0.3) is 11.0 Å². The third-order valence-corrected chi connectivity index (χ3v) is 5.76. The summed E-state index contributed by atoms with van der Waals surface area (Å²) in [4.78, 5) is 14.7. The van der Waals surface area contributed by atoms with E-state index >= 15 is 0 Å². The van der Waals surface area contributed by atoms with Gasteiger partial charge in [-0.3, -0.25) is 4.79 Å². The van der Waals surface area contributed by atoms with Gasteiger partial charge in [0.1, 0.15) is 17.1 Å². The number of carbonyl (C=O) groups is 1. The Morgan fingerprint density at radius 1 is 1.19 bits per heavy atom. The van der Waals surface area contributed by atoms with Gasteiger partial charge >= 0.3 is 0 Å². The van der Waals surface area contributed by atoms with Crippen molar-refractivity contribution in [2.45, 2.75) is 45.1 Å².